The van der Waals surface area contributed by atoms with Crippen LogP contribution < -0.4 is 0 Å². The lowest BCUT2D eigenvalue weighted by Crippen LogP contribution is -2.32. The summed E-state index contributed by atoms with van der Waals surface area (Å²) in [6.45, 7) is 4.32. The molecule has 0 aromatic carbocycles. The molecule has 0 bridgehead atoms. The van der Waals surface area contributed by atoms with Gasteiger partial charge in [0.05, 0.1) is 12.5 Å². The zero-order chi connectivity index (χ0) is 13.6. The van der Waals surface area contributed by atoms with Crippen LogP contribution in [0.3, 0.4) is 0 Å². The highest BCUT2D eigenvalue weighted by molar-refractivity contribution is 5.78. The minimum absolute atomic E-state index is 0.0277. The molecule has 2 saturated carbocycles. The third-order valence-electron chi connectivity index (χ3n) is 5.40. The Morgan fingerprint density at radius 2 is 2.05 bits per heavy atom. The summed E-state index contributed by atoms with van der Waals surface area (Å²) in [4.78, 5) is 12.3. The number of carbonyl (C=O) groups excluding carboxylic acids is 1. The Morgan fingerprint density at radius 3 is 2.68 bits per heavy atom. The Hall–Kier alpha value is -1.25. The number of aromatic nitrogens is 1. The third-order valence-corrected chi connectivity index (χ3v) is 5.40. The third kappa shape index (κ3) is 1.74. The van der Waals surface area contributed by atoms with Crippen LogP contribution in [0.25, 0.3) is 0 Å². The fourth-order valence-electron chi connectivity index (χ4n) is 4.60. The summed E-state index contributed by atoms with van der Waals surface area (Å²) in [6, 6.07) is 4.82. The smallest absolute Gasteiger partial charge is 0.312 e. The van der Waals surface area contributed by atoms with Crippen molar-refractivity contribution in [3.63, 3.8) is 0 Å². The van der Waals surface area contributed by atoms with Crippen LogP contribution in [-0.4, -0.2) is 17.6 Å². The van der Waals surface area contributed by atoms with Crippen LogP contribution in [0.5, 0.6) is 0 Å². The summed E-state index contributed by atoms with van der Waals surface area (Å²) in [7, 11) is 1.53. The van der Waals surface area contributed by atoms with Crippen molar-refractivity contribution in [2.45, 2.75) is 52.0 Å². The number of aryl methyl sites for hydroxylation is 2. The molecule has 19 heavy (non-hydrogen) atoms. The quantitative estimate of drug-likeness (QED) is 0.764. The maximum atomic E-state index is 12.3. The number of hydrogen-bond donors (Lipinski definition) is 0. The zero-order valence-corrected chi connectivity index (χ0v) is 12.1. The van der Waals surface area contributed by atoms with Gasteiger partial charge < -0.3 is 9.30 Å². The van der Waals surface area contributed by atoms with Gasteiger partial charge in [0.15, 0.2) is 0 Å². The van der Waals surface area contributed by atoms with E-state index in [1.165, 1.54) is 31.3 Å². The van der Waals surface area contributed by atoms with Gasteiger partial charge in [-0.05, 0) is 57.6 Å². The first-order chi connectivity index (χ1) is 9.08. The second kappa shape index (κ2) is 4.39. The van der Waals surface area contributed by atoms with Crippen LogP contribution in [-0.2, 0) is 9.53 Å². The zero-order valence-electron chi connectivity index (χ0n) is 12.1. The first-order valence-corrected chi connectivity index (χ1v) is 7.31. The van der Waals surface area contributed by atoms with Crippen molar-refractivity contribution in [2.75, 3.05) is 7.11 Å². The number of nitrogens with zero attached hydrogens (tertiary/aromatic N) is 1. The number of ether oxygens (including phenoxy) is 1. The summed E-state index contributed by atoms with van der Waals surface area (Å²) in [5.74, 6) is 0.547. The van der Waals surface area contributed by atoms with Crippen molar-refractivity contribution in [1.29, 1.82) is 0 Å². The molecule has 1 aromatic rings. The first-order valence-electron chi connectivity index (χ1n) is 7.31. The number of rotatable bonds is 2. The lowest BCUT2D eigenvalue weighted by molar-refractivity contribution is -0.154. The van der Waals surface area contributed by atoms with E-state index in [2.05, 4.69) is 30.5 Å². The Morgan fingerprint density at radius 1 is 1.37 bits per heavy atom. The molecule has 0 radical (unpaired) electrons. The average molecular weight is 261 g/mol. The van der Waals surface area contributed by atoms with E-state index in [1.54, 1.807) is 0 Å². The summed E-state index contributed by atoms with van der Waals surface area (Å²) in [6.07, 6.45) is 5.47. The molecule has 0 N–H and O–H groups in total. The molecular weight excluding hydrogens is 238 g/mol. The van der Waals surface area contributed by atoms with Gasteiger partial charge in [-0.3, -0.25) is 4.79 Å². The molecule has 3 nitrogen and oxygen atoms in total. The van der Waals surface area contributed by atoms with Crippen molar-refractivity contribution < 1.29 is 9.53 Å². The van der Waals surface area contributed by atoms with E-state index in [-0.39, 0.29) is 11.4 Å². The van der Waals surface area contributed by atoms with Gasteiger partial charge in [-0.25, -0.2) is 0 Å². The van der Waals surface area contributed by atoms with Crippen molar-refractivity contribution >= 4 is 5.97 Å². The van der Waals surface area contributed by atoms with E-state index in [0.717, 1.165) is 19.3 Å². The number of esters is 1. The van der Waals surface area contributed by atoms with Gasteiger partial charge in [-0.2, -0.15) is 0 Å². The number of hydrogen-bond acceptors (Lipinski definition) is 2. The number of fused-ring (bicyclic) bond motifs is 1. The monoisotopic (exact) mass is 261 g/mol. The molecule has 104 valence electrons. The standard InChI is InChI=1S/C16H23NO2/c1-11-6-7-12(2)17(11)14-9-13-5-4-8-16(13,10-14)15(18)19-3/h6-7,13-14H,4-5,8-10H2,1-3H3/t13-,14-,16-/m1/s1. The molecule has 1 heterocycles. The van der Waals surface area contributed by atoms with Gasteiger partial charge in [0.25, 0.3) is 0 Å². The maximum absolute atomic E-state index is 12.3. The first kappa shape index (κ1) is 12.8. The highest BCUT2D eigenvalue weighted by Gasteiger charge is 2.56. The average Bonchev–Trinajstić information content (AvgIpc) is 3.01. The van der Waals surface area contributed by atoms with Gasteiger partial charge in [0.2, 0.25) is 0 Å². The van der Waals surface area contributed by atoms with Crippen LogP contribution in [0.4, 0.5) is 0 Å². The van der Waals surface area contributed by atoms with Crippen LogP contribution in [0.1, 0.15) is 49.5 Å². The molecule has 0 unspecified atom stereocenters. The van der Waals surface area contributed by atoms with Crippen molar-refractivity contribution in [3.8, 4) is 0 Å². The molecule has 0 amide bonds. The van der Waals surface area contributed by atoms with Crippen LogP contribution >= 0.6 is 0 Å². The van der Waals surface area contributed by atoms with E-state index in [1.807, 2.05) is 0 Å². The largest absolute Gasteiger partial charge is 0.469 e. The van der Waals surface area contributed by atoms with Gasteiger partial charge in [0, 0.05) is 17.4 Å². The molecule has 3 atom stereocenters. The van der Waals surface area contributed by atoms with Crippen molar-refractivity contribution in [3.05, 3.63) is 23.5 Å². The molecule has 1 aromatic heterocycles. The summed E-state index contributed by atoms with van der Waals surface area (Å²) < 4.78 is 7.54. The van der Waals surface area contributed by atoms with Gasteiger partial charge in [0.1, 0.15) is 0 Å². The molecule has 0 aliphatic heterocycles. The van der Waals surface area contributed by atoms with Gasteiger partial charge >= 0.3 is 5.97 Å². The molecular formula is C16H23NO2. The normalized spacial score (nSPS) is 33.4. The predicted octanol–water partition coefficient (Wildman–Crippen LogP) is 3.40. The Balaban J connectivity index is 1.92. The fourth-order valence-corrected chi connectivity index (χ4v) is 4.60. The summed E-state index contributed by atoms with van der Waals surface area (Å²) in [5, 5.41) is 0. The van der Waals surface area contributed by atoms with Crippen LogP contribution in [0, 0.1) is 25.2 Å². The molecule has 2 aliphatic carbocycles. The highest BCUT2D eigenvalue weighted by atomic mass is 16.5. The molecule has 3 heteroatoms. The maximum Gasteiger partial charge on any atom is 0.312 e. The summed E-state index contributed by atoms with van der Waals surface area (Å²) in [5.41, 5.74) is 2.42. The fraction of sp³-hybridized carbons (Fsp3) is 0.688. The lowest BCUT2D eigenvalue weighted by atomic mass is 9.80. The molecule has 0 saturated heterocycles. The molecule has 2 fully saturated rings. The van der Waals surface area contributed by atoms with Gasteiger partial charge in [-0.15, -0.1) is 0 Å². The van der Waals surface area contributed by atoms with E-state index >= 15 is 0 Å². The van der Waals surface area contributed by atoms with E-state index < -0.39 is 0 Å². The topological polar surface area (TPSA) is 31.2 Å². The number of methoxy groups -OCH3 is 1. The SMILES string of the molecule is COC(=O)[C@@]12CCC[C@@H]1C[C@@H](n1c(C)ccc1C)C2. The highest BCUT2D eigenvalue weighted by Crippen LogP contribution is 2.58. The van der Waals surface area contributed by atoms with Crippen LogP contribution in [0.2, 0.25) is 0 Å². The van der Waals surface area contributed by atoms with Crippen molar-refractivity contribution in [1.82, 2.24) is 4.57 Å². The van der Waals surface area contributed by atoms with Crippen molar-refractivity contribution in [2.24, 2.45) is 11.3 Å². The molecule has 3 rings (SSSR count). The molecule has 2 aliphatic rings. The lowest BCUT2D eigenvalue weighted by Gasteiger charge is -2.26. The molecule has 0 spiro atoms. The second-order valence-electron chi connectivity index (χ2n) is 6.32. The Kier molecular flexibility index (Phi) is 2.95. The van der Waals surface area contributed by atoms with Crippen LogP contribution in [0.15, 0.2) is 12.1 Å². The number of carbonyl (C=O) groups is 1. The Bertz CT molecular complexity index is 485. The van der Waals surface area contributed by atoms with E-state index in [4.69, 9.17) is 4.74 Å². The van der Waals surface area contributed by atoms with E-state index in [9.17, 15) is 4.79 Å². The summed E-state index contributed by atoms with van der Waals surface area (Å²) >= 11 is 0. The minimum Gasteiger partial charge on any atom is -0.469 e. The predicted molar refractivity (Wildman–Crippen MR) is 74.0 cm³/mol. The minimum atomic E-state index is -0.192. The Labute approximate surface area is 114 Å². The van der Waals surface area contributed by atoms with Gasteiger partial charge in [-0.1, -0.05) is 6.42 Å². The second-order valence-corrected chi connectivity index (χ2v) is 6.32. The van der Waals surface area contributed by atoms with E-state index in [0.29, 0.717) is 12.0 Å².